The molecule has 22 heteroatoms. The van der Waals surface area contributed by atoms with Crippen LogP contribution in [-0.4, -0.2) is 70.9 Å². The Hall–Kier alpha value is -2.16. The highest BCUT2D eigenvalue weighted by Gasteiger charge is 2.97. The predicted molar refractivity (Wildman–Crippen MR) is 72.5 cm³/mol. The van der Waals surface area contributed by atoms with Gasteiger partial charge in [-0.2, -0.15) is 79.0 Å². The largest absolute Gasteiger partial charge is 0.473 e. The zero-order valence-electron chi connectivity index (χ0n) is 16.2. The highest BCUT2D eigenvalue weighted by atomic mass is 19.4. The first-order chi connectivity index (χ1) is 15.3. The van der Waals surface area contributed by atoms with Gasteiger partial charge in [-0.3, -0.25) is 0 Å². The summed E-state index contributed by atoms with van der Waals surface area (Å²) in [4.78, 5) is 10.8. The Labute approximate surface area is 184 Å². The molecule has 1 N–H and O–H groups in total. The Balaban J connectivity index is 6.98. The second-order valence-corrected chi connectivity index (χ2v) is 6.67. The summed E-state index contributed by atoms with van der Waals surface area (Å²) in [5.41, 5.74) is -1.38. The van der Waals surface area contributed by atoms with E-state index >= 15 is 0 Å². The van der Waals surface area contributed by atoms with Crippen LogP contribution in [0.3, 0.4) is 0 Å². The molecule has 214 valence electrons. The van der Waals surface area contributed by atoms with E-state index in [-0.39, 0.29) is 0 Å². The maximum absolute atomic E-state index is 13.5. The van der Waals surface area contributed by atoms with Crippen molar-refractivity contribution in [3.63, 3.8) is 0 Å². The van der Waals surface area contributed by atoms with E-state index in [0.29, 0.717) is 6.92 Å². The van der Waals surface area contributed by atoms with Gasteiger partial charge in [-0.15, -0.1) is 0 Å². The van der Waals surface area contributed by atoms with Gasteiger partial charge in [-0.05, 0) is 6.92 Å². The average Bonchev–Trinajstić information content (AvgIpc) is 2.65. The van der Waals surface area contributed by atoms with Crippen LogP contribution in [0, 0.1) is 0 Å². The van der Waals surface area contributed by atoms with E-state index in [9.17, 15) is 88.2 Å². The van der Waals surface area contributed by atoms with Gasteiger partial charge in [-0.25, -0.2) is 9.18 Å². The summed E-state index contributed by atoms with van der Waals surface area (Å²) in [7, 11) is 0. The lowest BCUT2D eigenvalue weighted by molar-refractivity contribution is -0.476. The minimum absolute atomic E-state index is 0.324. The Kier molecular flexibility index (Phi) is 8.18. The summed E-state index contributed by atoms with van der Waals surface area (Å²) in [5, 5.41) is 7.68. The van der Waals surface area contributed by atoms with E-state index in [1.165, 1.54) is 0 Å². The summed E-state index contributed by atoms with van der Waals surface area (Å²) in [6.07, 6.45) is -13.0. The van der Waals surface area contributed by atoms with Gasteiger partial charge >= 0.3 is 59.5 Å². The summed E-state index contributed by atoms with van der Waals surface area (Å²) in [5.74, 6) is -71.6. The first-order valence-electron chi connectivity index (χ1n) is 7.88. The second-order valence-electron chi connectivity index (χ2n) is 6.67. The van der Waals surface area contributed by atoms with Gasteiger partial charge in [0.25, 0.3) is 6.36 Å². The summed E-state index contributed by atoms with van der Waals surface area (Å²) in [6, 6.07) is 0. The Bertz CT molecular complexity index is 859. The van der Waals surface area contributed by atoms with E-state index in [0.717, 1.165) is 0 Å². The lowest BCUT2D eigenvalue weighted by Crippen LogP contribution is -2.76. The summed E-state index contributed by atoms with van der Waals surface area (Å²) >= 11 is 0. The quantitative estimate of drug-likeness (QED) is 0.182. The Morgan fingerprint density at radius 2 is 0.861 bits per heavy atom. The second kappa shape index (κ2) is 8.71. The molecule has 0 spiro atoms. The third kappa shape index (κ3) is 4.21. The Morgan fingerprint density at radius 3 is 1.11 bits per heavy atom. The van der Waals surface area contributed by atoms with Crippen LogP contribution < -0.4 is 0 Å². The van der Waals surface area contributed by atoms with Gasteiger partial charge in [-0.1, -0.05) is 6.58 Å². The molecule has 0 aliphatic carbocycles. The first-order valence-corrected chi connectivity index (χ1v) is 7.88. The molecule has 0 heterocycles. The number of aliphatic hydroxyl groups excluding tert-OH is 1. The molecule has 1 atom stereocenters. The highest BCUT2D eigenvalue weighted by Crippen LogP contribution is 2.65. The normalized spacial score (nSPS) is 16.6. The fourth-order valence-corrected chi connectivity index (χ4v) is 1.80. The number of hydrogen-bond acceptors (Lipinski definition) is 3. The molecule has 3 nitrogen and oxygen atoms in total. The van der Waals surface area contributed by atoms with Crippen LogP contribution in [0.25, 0.3) is 0 Å². The molecule has 0 amide bonds. The third-order valence-corrected chi connectivity index (χ3v) is 4.02. The van der Waals surface area contributed by atoms with Gasteiger partial charge in [0, 0.05) is 5.57 Å². The predicted octanol–water partition coefficient (Wildman–Crippen LogP) is 6.07. The van der Waals surface area contributed by atoms with Crippen molar-refractivity contribution in [1.82, 2.24) is 0 Å². The van der Waals surface area contributed by atoms with Crippen molar-refractivity contribution < 1.29 is 98.1 Å². The maximum Gasteiger partial charge on any atom is 0.473 e. The molecule has 0 aromatic heterocycles. The number of ether oxygens (including phenoxy) is 1. The highest BCUT2D eigenvalue weighted by molar-refractivity contribution is 5.87. The monoisotopic (exact) mass is 584 g/mol. The molecule has 0 radical (unpaired) electrons. The molecule has 1 unspecified atom stereocenters. The van der Waals surface area contributed by atoms with Crippen molar-refractivity contribution in [3.8, 4) is 0 Å². The molecule has 0 fully saturated rings. The number of carbonyl (C=O) groups excluding carboxylic acids is 1. The SMILES string of the molecule is C=C(C)C(=O)OC(F)(F)C(F)(F)C(F)(F)C(F)(F)C(F)(F)C(F)(F)C(F)(F)C(F)(F)C(F)(F)C(O)F. The van der Waals surface area contributed by atoms with Crippen molar-refractivity contribution in [2.24, 2.45) is 0 Å². The van der Waals surface area contributed by atoms with E-state index in [1.54, 1.807) is 0 Å². The number of hydrogen-bond donors (Lipinski definition) is 1. The lowest BCUT2D eigenvalue weighted by Gasteiger charge is -2.44. The van der Waals surface area contributed by atoms with E-state index in [4.69, 9.17) is 5.11 Å². The average molecular weight is 584 g/mol. The first kappa shape index (κ1) is 33.8. The minimum Gasteiger partial charge on any atom is -0.393 e. The van der Waals surface area contributed by atoms with Crippen LogP contribution in [-0.2, 0) is 9.53 Å². The van der Waals surface area contributed by atoms with Gasteiger partial charge in [0.15, 0.2) is 0 Å². The number of rotatable bonds is 11. The molecule has 0 aliphatic rings. The molecule has 0 aromatic carbocycles. The fraction of sp³-hybridized carbons (Fsp3) is 0.786. The number of halogens is 19. The van der Waals surface area contributed by atoms with Crippen molar-refractivity contribution in [3.05, 3.63) is 12.2 Å². The van der Waals surface area contributed by atoms with E-state index < -0.39 is 71.4 Å². The number of carbonyl (C=O) groups is 1. The number of alkyl halides is 19. The van der Waals surface area contributed by atoms with Crippen molar-refractivity contribution in [1.29, 1.82) is 0 Å². The molecule has 0 saturated heterocycles. The van der Waals surface area contributed by atoms with Gasteiger partial charge in [0.1, 0.15) is 0 Å². The fourth-order valence-electron chi connectivity index (χ4n) is 1.80. The molecular weight excluding hydrogens is 577 g/mol. The van der Waals surface area contributed by atoms with Gasteiger partial charge in [0.2, 0.25) is 0 Å². The minimum atomic E-state index is -9.08. The summed E-state index contributed by atoms with van der Waals surface area (Å²) < 4.78 is 254. The van der Waals surface area contributed by atoms with Gasteiger partial charge < -0.3 is 9.84 Å². The van der Waals surface area contributed by atoms with Crippen LogP contribution in [0.1, 0.15) is 6.92 Å². The zero-order chi connectivity index (χ0) is 29.9. The van der Waals surface area contributed by atoms with Crippen LogP contribution in [0.2, 0.25) is 0 Å². The molecule has 0 bridgehead atoms. The lowest BCUT2D eigenvalue weighted by atomic mass is 9.87. The molecule has 0 rings (SSSR count). The number of esters is 1. The third-order valence-electron chi connectivity index (χ3n) is 4.02. The summed E-state index contributed by atoms with van der Waals surface area (Å²) in [6.45, 7) is 2.74. The zero-order valence-corrected chi connectivity index (χ0v) is 16.2. The van der Waals surface area contributed by atoms with Crippen LogP contribution in [0.5, 0.6) is 0 Å². The topological polar surface area (TPSA) is 46.5 Å². The van der Waals surface area contributed by atoms with Crippen LogP contribution >= 0.6 is 0 Å². The Morgan fingerprint density at radius 1 is 0.611 bits per heavy atom. The van der Waals surface area contributed by atoms with Crippen molar-refractivity contribution >= 4 is 5.97 Å². The molecule has 36 heavy (non-hydrogen) atoms. The van der Waals surface area contributed by atoms with E-state index in [1.807, 2.05) is 0 Å². The molecule has 0 aliphatic heterocycles. The van der Waals surface area contributed by atoms with Gasteiger partial charge in [0.05, 0.1) is 0 Å². The van der Waals surface area contributed by atoms with Crippen molar-refractivity contribution in [2.75, 3.05) is 0 Å². The number of aliphatic hydroxyl groups is 1. The molecule has 0 saturated carbocycles. The van der Waals surface area contributed by atoms with Crippen LogP contribution in [0.15, 0.2) is 12.2 Å². The van der Waals surface area contributed by atoms with E-state index in [2.05, 4.69) is 11.3 Å². The smallest absolute Gasteiger partial charge is 0.393 e. The van der Waals surface area contributed by atoms with Crippen LogP contribution in [0.4, 0.5) is 83.4 Å². The molecule has 0 aromatic rings. The maximum atomic E-state index is 13.5. The molecular formula is C14H7F19O3. The standard InChI is InChI=1S/C14H7F19O3/c1-3(2)4(34)36-14(32,33)13(30,31)12(28,29)11(26,27)10(24,25)9(22,23)8(20,21)7(18,19)6(16,17)5(15)35/h5,35H,1H2,2H3. The van der Waals surface area contributed by atoms with Crippen molar-refractivity contribution in [2.45, 2.75) is 66.8 Å².